The maximum atomic E-state index is 12.4. The zero-order valence-electron chi connectivity index (χ0n) is 15.0. The maximum Gasteiger partial charge on any atom is 0.261 e. The van der Waals surface area contributed by atoms with Gasteiger partial charge < -0.3 is 14.4 Å². The van der Waals surface area contributed by atoms with E-state index in [0.717, 1.165) is 31.7 Å². The van der Waals surface area contributed by atoms with E-state index < -0.39 is 10.0 Å². The Morgan fingerprint density at radius 3 is 2.12 bits per heavy atom. The van der Waals surface area contributed by atoms with Gasteiger partial charge in [-0.2, -0.15) is 0 Å². The molecule has 1 aliphatic rings. The number of nitrogens with one attached hydrogen (secondary N) is 1. The first kappa shape index (κ1) is 18.5. The Balaban J connectivity index is 1.62. The summed E-state index contributed by atoms with van der Waals surface area (Å²) in [5, 5.41) is 0. The lowest BCUT2D eigenvalue weighted by molar-refractivity contribution is 0.114. The van der Waals surface area contributed by atoms with Gasteiger partial charge in [-0.3, -0.25) is 4.72 Å². The average Bonchev–Trinajstić information content (AvgIpc) is 2.65. The van der Waals surface area contributed by atoms with Gasteiger partial charge in [0.15, 0.2) is 0 Å². The number of piperidine rings is 1. The number of ether oxygens (including phenoxy) is 2. The third kappa shape index (κ3) is 4.68. The average molecular weight is 376 g/mol. The highest BCUT2D eigenvalue weighted by molar-refractivity contribution is 7.92. The third-order valence-corrected chi connectivity index (χ3v) is 5.84. The van der Waals surface area contributed by atoms with Crippen LogP contribution in [0.2, 0.25) is 0 Å². The number of likely N-dealkylation sites (tertiary alicyclic amines) is 1. The molecule has 0 saturated carbocycles. The Kier molecular flexibility index (Phi) is 5.68. The molecule has 0 bridgehead atoms. The predicted molar refractivity (Wildman–Crippen MR) is 101 cm³/mol. The second-order valence-electron chi connectivity index (χ2n) is 6.43. The van der Waals surface area contributed by atoms with Gasteiger partial charge in [-0.15, -0.1) is 0 Å². The van der Waals surface area contributed by atoms with Crippen LogP contribution in [0.15, 0.2) is 53.4 Å². The standard InChI is InChI=1S/C19H24N2O4S/c1-21-13-11-18(12-14-21)25-17-5-3-15(4-6-17)20-26(22,23)19-9-7-16(24-2)8-10-19/h3-10,18,20H,11-14H2,1-2H3. The number of nitrogens with zero attached hydrogens (tertiary/aromatic N) is 1. The molecule has 140 valence electrons. The van der Waals surface area contributed by atoms with Gasteiger partial charge in [0.05, 0.1) is 12.0 Å². The number of hydrogen-bond acceptors (Lipinski definition) is 5. The Morgan fingerprint density at radius 2 is 1.54 bits per heavy atom. The minimum atomic E-state index is -3.64. The maximum absolute atomic E-state index is 12.4. The van der Waals surface area contributed by atoms with Crippen molar-refractivity contribution in [1.82, 2.24) is 4.90 Å². The molecule has 0 aromatic heterocycles. The fourth-order valence-electron chi connectivity index (χ4n) is 2.87. The molecule has 7 heteroatoms. The van der Waals surface area contributed by atoms with Crippen molar-refractivity contribution in [3.8, 4) is 11.5 Å². The first-order chi connectivity index (χ1) is 12.5. The summed E-state index contributed by atoms with van der Waals surface area (Å²) in [5.41, 5.74) is 0.497. The first-order valence-electron chi connectivity index (χ1n) is 8.58. The number of hydrogen-bond donors (Lipinski definition) is 1. The zero-order chi connectivity index (χ0) is 18.6. The molecule has 0 unspecified atom stereocenters. The van der Waals surface area contributed by atoms with Gasteiger partial charge >= 0.3 is 0 Å². The molecule has 1 aliphatic heterocycles. The lowest BCUT2D eigenvalue weighted by Gasteiger charge is -2.29. The molecular weight excluding hydrogens is 352 g/mol. The lowest BCUT2D eigenvalue weighted by atomic mass is 10.1. The normalized spacial score (nSPS) is 16.2. The van der Waals surface area contributed by atoms with E-state index in [0.29, 0.717) is 11.4 Å². The molecule has 0 spiro atoms. The van der Waals surface area contributed by atoms with Gasteiger partial charge in [-0.25, -0.2) is 8.42 Å². The van der Waals surface area contributed by atoms with E-state index in [1.54, 1.807) is 36.4 Å². The highest BCUT2D eigenvalue weighted by atomic mass is 32.2. The monoisotopic (exact) mass is 376 g/mol. The molecule has 2 aromatic rings. The topological polar surface area (TPSA) is 67.9 Å². The van der Waals surface area contributed by atoms with E-state index in [1.807, 2.05) is 0 Å². The van der Waals surface area contributed by atoms with Gasteiger partial charge in [-0.05, 0) is 68.4 Å². The molecule has 0 aliphatic carbocycles. The van der Waals surface area contributed by atoms with Crippen molar-refractivity contribution >= 4 is 15.7 Å². The fraction of sp³-hybridized carbons (Fsp3) is 0.368. The number of anilines is 1. The number of sulfonamides is 1. The summed E-state index contributed by atoms with van der Waals surface area (Å²) in [6, 6.07) is 13.3. The summed E-state index contributed by atoms with van der Waals surface area (Å²) in [7, 11) is 0.0133. The summed E-state index contributed by atoms with van der Waals surface area (Å²) in [6.07, 6.45) is 2.22. The molecule has 26 heavy (non-hydrogen) atoms. The van der Waals surface area contributed by atoms with Crippen LogP contribution in [0, 0.1) is 0 Å². The quantitative estimate of drug-likeness (QED) is 0.839. The minimum absolute atomic E-state index is 0.185. The van der Waals surface area contributed by atoms with Crippen molar-refractivity contribution in [2.45, 2.75) is 23.8 Å². The van der Waals surface area contributed by atoms with Gasteiger partial charge in [0.1, 0.15) is 17.6 Å². The second-order valence-corrected chi connectivity index (χ2v) is 8.11. The van der Waals surface area contributed by atoms with Crippen LogP contribution in [0.1, 0.15) is 12.8 Å². The Hall–Kier alpha value is -2.25. The molecule has 0 atom stereocenters. The van der Waals surface area contributed by atoms with Gasteiger partial charge in [0, 0.05) is 18.8 Å². The summed E-state index contributed by atoms with van der Waals surface area (Å²) < 4.78 is 38.5. The minimum Gasteiger partial charge on any atom is -0.497 e. The largest absolute Gasteiger partial charge is 0.497 e. The van der Waals surface area contributed by atoms with E-state index >= 15 is 0 Å². The Bertz CT molecular complexity index is 812. The van der Waals surface area contributed by atoms with Crippen LogP contribution in [0.5, 0.6) is 11.5 Å². The van der Waals surface area contributed by atoms with Crippen LogP contribution in [0.4, 0.5) is 5.69 Å². The van der Waals surface area contributed by atoms with Crippen LogP contribution in [0.25, 0.3) is 0 Å². The summed E-state index contributed by atoms with van der Waals surface area (Å²) in [6.45, 7) is 2.06. The van der Waals surface area contributed by atoms with Crippen molar-refractivity contribution in [2.24, 2.45) is 0 Å². The van der Waals surface area contributed by atoms with E-state index in [9.17, 15) is 8.42 Å². The molecular formula is C19H24N2O4S. The van der Waals surface area contributed by atoms with E-state index in [2.05, 4.69) is 16.7 Å². The molecule has 1 fully saturated rings. The number of benzene rings is 2. The Morgan fingerprint density at radius 1 is 0.962 bits per heavy atom. The summed E-state index contributed by atoms with van der Waals surface area (Å²) in [4.78, 5) is 2.47. The van der Waals surface area contributed by atoms with Crippen LogP contribution in [-0.4, -0.2) is 46.7 Å². The number of methoxy groups -OCH3 is 1. The molecule has 1 saturated heterocycles. The van der Waals surface area contributed by atoms with Crippen LogP contribution >= 0.6 is 0 Å². The SMILES string of the molecule is COc1ccc(S(=O)(=O)Nc2ccc(OC3CCN(C)CC3)cc2)cc1. The lowest BCUT2D eigenvalue weighted by Crippen LogP contribution is -2.35. The second kappa shape index (κ2) is 7.97. The van der Waals surface area contributed by atoms with Crippen molar-refractivity contribution in [2.75, 3.05) is 32.0 Å². The highest BCUT2D eigenvalue weighted by Crippen LogP contribution is 2.23. The number of rotatable bonds is 6. The smallest absolute Gasteiger partial charge is 0.261 e. The molecule has 1 N–H and O–H groups in total. The van der Waals surface area contributed by atoms with Crippen molar-refractivity contribution < 1.29 is 17.9 Å². The fourth-order valence-corrected chi connectivity index (χ4v) is 3.92. The van der Waals surface area contributed by atoms with Gasteiger partial charge in [0.25, 0.3) is 10.0 Å². The van der Waals surface area contributed by atoms with Crippen molar-refractivity contribution in [3.63, 3.8) is 0 Å². The third-order valence-electron chi connectivity index (χ3n) is 4.44. The van der Waals surface area contributed by atoms with E-state index in [1.165, 1.54) is 19.2 Å². The van der Waals surface area contributed by atoms with E-state index in [4.69, 9.17) is 9.47 Å². The summed E-state index contributed by atoms with van der Waals surface area (Å²) >= 11 is 0. The molecule has 0 radical (unpaired) electrons. The zero-order valence-corrected chi connectivity index (χ0v) is 15.8. The molecule has 2 aromatic carbocycles. The molecule has 1 heterocycles. The van der Waals surface area contributed by atoms with Gasteiger partial charge in [0.2, 0.25) is 0 Å². The molecule has 6 nitrogen and oxygen atoms in total. The summed E-state index contributed by atoms with van der Waals surface area (Å²) in [5.74, 6) is 1.37. The van der Waals surface area contributed by atoms with Crippen molar-refractivity contribution in [3.05, 3.63) is 48.5 Å². The van der Waals surface area contributed by atoms with E-state index in [-0.39, 0.29) is 11.0 Å². The van der Waals surface area contributed by atoms with Crippen LogP contribution in [0.3, 0.4) is 0 Å². The van der Waals surface area contributed by atoms with Gasteiger partial charge in [-0.1, -0.05) is 0 Å². The first-order valence-corrected chi connectivity index (χ1v) is 10.1. The van der Waals surface area contributed by atoms with Crippen LogP contribution < -0.4 is 14.2 Å². The predicted octanol–water partition coefficient (Wildman–Crippen LogP) is 2.97. The molecule has 3 rings (SSSR count). The molecule has 0 amide bonds. The van der Waals surface area contributed by atoms with Crippen LogP contribution in [-0.2, 0) is 10.0 Å². The Labute approximate surface area is 154 Å². The highest BCUT2D eigenvalue weighted by Gasteiger charge is 2.18. The van der Waals surface area contributed by atoms with Crippen molar-refractivity contribution in [1.29, 1.82) is 0 Å².